The summed E-state index contributed by atoms with van der Waals surface area (Å²) in [6, 6.07) is 13.7. The van der Waals surface area contributed by atoms with Crippen molar-refractivity contribution >= 4 is 5.91 Å². The highest BCUT2D eigenvalue weighted by Gasteiger charge is 2.28. The predicted molar refractivity (Wildman–Crippen MR) is 118 cm³/mol. The van der Waals surface area contributed by atoms with Gasteiger partial charge in [0.05, 0.1) is 13.2 Å². The van der Waals surface area contributed by atoms with Crippen LogP contribution in [0.2, 0.25) is 0 Å². The topological polar surface area (TPSA) is 71.7 Å². The van der Waals surface area contributed by atoms with Gasteiger partial charge in [0.1, 0.15) is 5.75 Å². The largest absolute Gasteiger partial charge is 0.496 e. The number of aryl methyl sites for hydroxylation is 2. The summed E-state index contributed by atoms with van der Waals surface area (Å²) in [6.07, 6.45) is 0. The molecule has 0 N–H and O–H groups in total. The fraction of sp³-hybridized carbons (Fsp3) is 0.375. The van der Waals surface area contributed by atoms with Crippen LogP contribution in [0.1, 0.15) is 40.3 Å². The lowest BCUT2D eigenvalue weighted by atomic mass is 10.1. The van der Waals surface area contributed by atoms with Gasteiger partial charge in [-0.15, -0.1) is 0 Å². The van der Waals surface area contributed by atoms with Gasteiger partial charge < -0.3 is 14.2 Å². The number of benzene rings is 2. The number of ether oxygens (including phenoxy) is 1. The SMILES string of the molecule is COc1cc(C(=O)N2CCN(C(C)c3nc(-c4ccc(C)cc4)no3)CC2)ccc1C. The van der Waals surface area contributed by atoms with Gasteiger partial charge in [0.25, 0.3) is 5.91 Å². The molecule has 1 fully saturated rings. The molecule has 31 heavy (non-hydrogen) atoms. The van der Waals surface area contributed by atoms with Crippen LogP contribution >= 0.6 is 0 Å². The molecule has 1 amide bonds. The average Bonchev–Trinajstić information content (AvgIpc) is 3.29. The van der Waals surface area contributed by atoms with Gasteiger partial charge >= 0.3 is 0 Å². The second kappa shape index (κ2) is 8.89. The van der Waals surface area contributed by atoms with Crippen molar-refractivity contribution in [3.05, 3.63) is 65.0 Å². The summed E-state index contributed by atoms with van der Waals surface area (Å²) in [5, 5.41) is 4.15. The molecule has 3 aromatic rings. The molecule has 162 valence electrons. The van der Waals surface area contributed by atoms with Crippen molar-refractivity contribution < 1.29 is 14.1 Å². The average molecular weight is 421 g/mol. The first-order valence-electron chi connectivity index (χ1n) is 10.5. The molecular formula is C24H28N4O3. The molecule has 0 radical (unpaired) electrons. The number of amides is 1. The van der Waals surface area contributed by atoms with E-state index < -0.39 is 0 Å². The van der Waals surface area contributed by atoms with Crippen molar-refractivity contribution in [2.75, 3.05) is 33.3 Å². The molecule has 4 rings (SSSR count). The van der Waals surface area contributed by atoms with Crippen LogP contribution in [0.25, 0.3) is 11.4 Å². The molecule has 7 nitrogen and oxygen atoms in total. The number of carbonyl (C=O) groups excluding carboxylic acids is 1. The smallest absolute Gasteiger partial charge is 0.254 e. The van der Waals surface area contributed by atoms with Crippen molar-refractivity contribution in [3.8, 4) is 17.1 Å². The van der Waals surface area contributed by atoms with Crippen LogP contribution in [0.15, 0.2) is 47.0 Å². The molecule has 1 aliphatic rings. The van der Waals surface area contributed by atoms with E-state index in [0.717, 1.165) is 30.0 Å². The van der Waals surface area contributed by atoms with E-state index in [1.807, 2.05) is 61.2 Å². The fourth-order valence-electron chi connectivity index (χ4n) is 3.83. The first-order valence-corrected chi connectivity index (χ1v) is 10.5. The molecule has 0 spiro atoms. The quantitative estimate of drug-likeness (QED) is 0.624. The molecule has 1 saturated heterocycles. The number of piperazine rings is 1. The first kappa shape index (κ1) is 21.1. The zero-order chi connectivity index (χ0) is 22.0. The van der Waals surface area contributed by atoms with Gasteiger partial charge in [0, 0.05) is 37.3 Å². The monoisotopic (exact) mass is 420 g/mol. The molecule has 0 bridgehead atoms. The van der Waals surface area contributed by atoms with Gasteiger partial charge in [0.2, 0.25) is 11.7 Å². The lowest BCUT2D eigenvalue weighted by molar-refractivity contribution is 0.0551. The zero-order valence-corrected chi connectivity index (χ0v) is 18.5. The molecule has 0 saturated carbocycles. The van der Waals surface area contributed by atoms with E-state index in [4.69, 9.17) is 9.26 Å². The minimum atomic E-state index is -0.0107. The Bertz CT molecular complexity index is 1050. The Morgan fingerprint density at radius 3 is 2.45 bits per heavy atom. The van der Waals surface area contributed by atoms with Crippen LogP contribution in [-0.2, 0) is 0 Å². The van der Waals surface area contributed by atoms with Crippen molar-refractivity contribution in [2.45, 2.75) is 26.8 Å². The third-order valence-electron chi connectivity index (χ3n) is 5.91. The minimum Gasteiger partial charge on any atom is -0.496 e. The maximum Gasteiger partial charge on any atom is 0.254 e. The fourth-order valence-corrected chi connectivity index (χ4v) is 3.83. The summed E-state index contributed by atoms with van der Waals surface area (Å²) >= 11 is 0. The van der Waals surface area contributed by atoms with E-state index in [1.165, 1.54) is 5.56 Å². The summed E-state index contributed by atoms with van der Waals surface area (Å²) in [5.41, 5.74) is 3.81. The Morgan fingerprint density at radius 2 is 1.77 bits per heavy atom. The van der Waals surface area contributed by atoms with Gasteiger partial charge in [0.15, 0.2) is 0 Å². The first-order chi connectivity index (χ1) is 15.0. The van der Waals surface area contributed by atoms with Gasteiger partial charge in [-0.25, -0.2) is 0 Å². The summed E-state index contributed by atoms with van der Waals surface area (Å²) in [4.78, 5) is 21.7. The molecule has 1 aromatic heterocycles. The minimum absolute atomic E-state index is 0.0107. The molecule has 2 aromatic carbocycles. The number of hydrogen-bond donors (Lipinski definition) is 0. The van der Waals surface area contributed by atoms with Gasteiger partial charge in [-0.05, 0) is 38.5 Å². The Hall–Kier alpha value is -3.19. The highest BCUT2D eigenvalue weighted by Crippen LogP contribution is 2.25. The summed E-state index contributed by atoms with van der Waals surface area (Å²) in [7, 11) is 1.62. The lowest BCUT2D eigenvalue weighted by Crippen LogP contribution is -2.49. The standard InChI is InChI=1S/C24H28N4O3/c1-16-5-8-19(9-6-16)22-25-23(31-26-22)18(3)27-11-13-28(14-12-27)24(29)20-10-7-17(2)21(15-20)30-4/h5-10,15,18H,11-14H2,1-4H3. The molecule has 7 heteroatoms. The van der Waals surface area contributed by atoms with Crippen LogP contribution in [0.3, 0.4) is 0 Å². The third kappa shape index (κ3) is 4.46. The van der Waals surface area contributed by atoms with Crippen molar-refractivity contribution in [1.82, 2.24) is 19.9 Å². The molecule has 2 heterocycles. The number of hydrogen-bond acceptors (Lipinski definition) is 6. The molecule has 1 atom stereocenters. The number of carbonyl (C=O) groups is 1. The Labute approximate surface area is 182 Å². The van der Waals surface area contributed by atoms with Crippen LogP contribution in [0.5, 0.6) is 5.75 Å². The zero-order valence-electron chi connectivity index (χ0n) is 18.5. The summed E-state index contributed by atoms with van der Waals surface area (Å²) in [5.74, 6) is 1.96. The lowest BCUT2D eigenvalue weighted by Gasteiger charge is -2.36. The van der Waals surface area contributed by atoms with Gasteiger partial charge in [-0.2, -0.15) is 4.98 Å². The van der Waals surface area contributed by atoms with Gasteiger partial charge in [-0.1, -0.05) is 41.1 Å². The summed E-state index contributed by atoms with van der Waals surface area (Å²) < 4.78 is 10.9. The number of rotatable bonds is 5. The number of methoxy groups -OCH3 is 1. The maximum atomic E-state index is 12.9. The Morgan fingerprint density at radius 1 is 1.06 bits per heavy atom. The van der Waals surface area contributed by atoms with Crippen LogP contribution in [0.4, 0.5) is 0 Å². The predicted octanol–water partition coefficient (Wildman–Crippen LogP) is 3.88. The Balaban J connectivity index is 1.38. The second-order valence-corrected chi connectivity index (χ2v) is 8.01. The Kier molecular flexibility index (Phi) is 6.04. The van der Waals surface area contributed by atoms with E-state index >= 15 is 0 Å². The van der Waals surface area contributed by atoms with Crippen LogP contribution in [0, 0.1) is 13.8 Å². The maximum absolute atomic E-state index is 12.9. The highest BCUT2D eigenvalue weighted by molar-refractivity contribution is 5.94. The van der Waals surface area contributed by atoms with E-state index in [-0.39, 0.29) is 11.9 Å². The molecule has 0 aliphatic carbocycles. The van der Waals surface area contributed by atoms with Crippen LogP contribution < -0.4 is 4.74 Å². The number of nitrogens with zero attached hydrogens (tertiary/aromatic N) is 4. The normalized spacial score (nSPS) is 15.7. The molecule has 1 unspecified atom stereocenters. The van der Waals surface area contributed by atoms with Crippen LogP contribution in [-0.4, -0.2) is 59.1 Å². The van der Waals surface area contributed by atoms with E-state index in [0.29, 0.717) is 30.4 Å². The van der Waals surface area contributed by atoms with Gasteiger partial charge in [-0.3, -0.25) is 9.69 Å². The second-order valence-electron chi connectivity index (χ2n) is 8.01. The van der Waals surface area contributed by atoms with E-state index in [1.54, 1.807) is 7.11 Å². The van der Waals surface area contributed by atoms with Crippen molar-refractivity contribution in [2.24, 2.45) is 0 Å². The summed E-state index contributed by atoms with van der Waals surface area (Å²) in [6.45, 7) is 8.88. The molecule has 1 aliphatic heterocycles. The van der Waals surface area contributed by atoms with Crippen molar-refractivity contribution in [1.29, 1.82) is 0 Å². The van der Waals surface area contributed by atoms with Crippen molar-refractivity contribution in [3.63, 3.8) is 0 Å². The number of aromatic nitrogens is 2. The van der Waals surface area contributed by atoms with E-state index in [2.05, 4.69) is 22.0 Å². The van der Waals surface area contributed by atoms with E-state index in [9.17, 15) is 4.79 Å². The highest BCUT2D eigenvalue weighted by atomic mass is 16.5. The third-order valence-corrected chi connectivity index (χ3v) is 5.91. The molecular weight excluding hydrogens is 392 g/mol.